The van der Waals surface area contributed by atoms with Gasteiger partial charge in [-0.15, -0.1) is 0 Å². The summed E-state index contributed by atoms with van der Waals surface area (Å²) in [5.41, 5.74) is 1.75. The van der Waals surface area contributed by atoms with Crippen LogP contribution in [-0.2, 0) is 23.7 Å². The highest BCUT2D eigenvalue weighted by molar-refractivity contribution is 5.26. The fourth-order valence-electron chi connectivity index (χ4n) is 12.8. The third kappa shape index (κ3) is 5.84. The summed E-state index contributed by atoms with van der Waals surface area (Å²) >= 11 is 0. The molecule has 0 unspecified atom stereocenters. The molecule has 51 heavy (non-hydrogen) atoms. The minimum atomic E-state index is -1.65. The summed E-state index contributed by atoms with van der Waals surface area (Å²) < 4.78 is 30.7. The van der Waals surface area contributed by atoms with Gasteiger partial charge in [0.05, 0.1) is 24.9 Å². The normalized spacial score (nSPS) is 58.4. The maximum Gasteiger partial charge on any atom is 0.189 e. The number of allylic oxidation sites excluding steroid dienone is 1. The maximum absolute atomic E-state index is 11.2. The zero-order valence-electron chi connectivity index (χ0n) is 31.0. The van der Waals surface area contributed by atoms with Crippen molar-refractivity contribution in [1.29, 1.82) is 0 Å². The van der Waals surface area contributed by atoms with E-state index in [1.54, 1.807) is 6.92 Å². The van der Waals surface area contributed by atoms with Gasteiger partial charge in [-0.1, -0.05) is 39.3 Å². The molecule has 21 atom stereocenters. The molecule has 4 aliphatic carbocycles. The third-order valence-electron chi connectivity index (χ3n) is 15.8. The van der Waals surface area contributed by atoms with Crippen molar-refractivity contribution in [2.75, 3.05) is 13.2 Å². The molecule has 0 aromatic rings. The monoisotopic (exact) mass is 721 g/mol. The van der Waals surface area contributed by atoms with Gasteiger partial charge in [0.1, 0.15) is 48.5 Å². The van der Waals surface area contributed by atoms with Gasteiger partial charge in [0, 0.05) is 12.5 Å². The number of hydrogen-bond donors (Lipinski definition) is 7. The zero-order valence-corrected chi connectivity index (χ0v) is 31.0. The number of ether oxygens (including phenoxy) is 5. The van der Waals surface area contributed by atoms with E-state index in [-0.39, 0.29) is 17.2 Å². The summed E-state index contributed by atoms with van der Waals surface area (Å²) in [5, 5.41) is 66.3. The standard InChI is InChI=1S/C39H63NO11/c1-18-8-13-39(40-16-18)19(2)28-26(51-39)15-25-23-7-6-21-14-22(9-11-37(21,4)24(23)10-12-38(25,28)5)48-34-20(3)47-35(33(46)31(34)44)50-36-32(45)30(43)29(42)27(17-41)49-36/h6,18-20,22-36,40-46H,7-17H2,1-5H3/t18-,19+,20+,22+,23-,24+,25+,26+,27-,28+,29-,30+,31+,32-,33-,34-,35+,36-,37+,38+,39-/m1/s1. The first-order chi connectivity index (χ1) is 24.2. The van der Waals surface area contributed by atoms with E-state index in [4.69, 9.17) is 23.7 Å². The molecule has 12 heteroatoms. The van der Waals surface area contributed by atoms with E-state index in [1.807, 2.05) is 0 Å². The van der Waals surface area contributed by atoms with Gasteiger partial charge in [-0.3, -0.25) is 5.32 Å². The first-order valence-electron chi connectivity index (χ1n) is 20.0. The molecule has 4 aliphatic heterocycles. The smallest absolute Gasteiger partial charge is 0.189 e. The Hall–Kier alpha value is -0.740. The summed E-state index contributed by atoms with van der Waals surface area (Å²) in [6.45, 7) is 12.1. The Labute approximate surface area is 302 Å². The van der Waals surface area contributed by atoms with Gasteiger partial charge in [0.15, 0.2) is 12.6 Å². The molecule has 0 radical (unpaired) electrons. The van der Waals surface area contributed by atoms with Gasteiger partial charge < -0.3 is 54.3 Å². The third-order valence-corrected chi connectivity index (χ3v) is 15.8. The van der Waals surface area contributed by atoms with Crippen molar-refractivity contribution in [1.82, 2.24) is 5.32 Å². The van der Waals surface area contributed by atoms with Crippen molar-refractivity contribution < 1.29 is 54.3 Å². The largest absolute Gasteiger partial charge is 0.394 e. The van der Waals surface area contributed by atoms with E-state index in [9.17, 15) is 30.6 Å². The molecule has 3 saturated carbocycles. The molecular formula is C39H63NO11. The first-order valence-corrected chi connectivity index (χ1v) is 20.0. The van der Waals surface area contributed by atoms with Crippen LogP contribution < -0.4 is 5.32 Å². The van der Waals surface area contributed by atoms with E-state index < -0.39 is 68.0 Å². The fourth-order valence-corrected chi connectivity index (χ4v) is 12.8. The van der Waals surface area contributed by atoms with Crippen molar-refractivity contribution in [3.63, 3.8) is 0 Å². The van der Waals surface area contributed by atoms with Gasteiger partial charge in [-0.2, -0.15) is 0 Å². The lowest BCUT2D eigenvalue weighted by Crippen LogP contribution is -2.63. The second-order valence-electron chi connectivity index (χ2n) is 18.4. The van der Waals surface area contributed by atoms with Crippen LogP contribution >= 0.6 is 0 Å². The molecule has 0 aromatic heterocycles. The topological polar surface area (TPSA) is 180 Å². The number of aliphatic hydroxyl groups excluding tert-OH is 6. The van der Waals surface area contributed by atoms with Crippen molar-refractivity contribution in [3.05, 3.63) is 11.6 Å². The van der Waals surface area contributed by atoms with Crippen molar-refractivity contribution in [2.45, 2.75) is 172 Å². The molecule has 8 aliphatic rings. The van der Waals surface area contributed by atoms with Crippen molar-refractivity contribution in [2.24, 2.45) is 46.3 Å². The van der Waals surface area contributed by atoms with Gasteiger partial charge in [-0.05, 0) is 105 Å². The van der Waals surface area contributed by atoms with Crippen LogP contribution in [0.2, 0.25) is 0 Å². The van der Waals surface area contributed by atoms with Crippen molar-refractivity contribution >= 4 is 0 Å². The van der Waals surface area contributed by atoms with Crippen LogP contribution in [0.5, 0.6) is 0 Å². The lowest BCUT2D eigenvalue weighted by Gasteiger charge is -2.59. The second kappa shape index (κ2) is 13.5. The summed E-state index contributed by atoms with van der Waals surface area (Å²) in [4.78, 5) is 0. The average Bonchev–Trinajstić information content (AvgIpc) is 3.56. The average molecular weight is 722 g/mol. The highest BCUT2D eigenvalue weighted by Gasteiger charge is 2.68. The van der Waals surface area contributed by atoms with Crippen LogP contribution in [0.3, 0.4) is 0 Å². The number of fused-ring (bicyclic) bond motifs is 7. The summed E-state index contributed by atoms with van der Waals surface area (Å²) in [6.07, 6.45) is -0.668. The van der Waals surface area contributed by atoms with Crippen LogP contribution in [0.25, 0.3) is 0 Å². The Morgan fingerprint density at radius 3 is 2.31 bits per heavy atom. The van der Waals surface area contributed by atoms with Crippen molar-refractivity contribution in [3.8, 4) is 0 Å². The molecular weight excluding hydrogens is 658 g/mol. The molecule has 290 valence electrons. The molecule has 0 bridgehead atoms. The Balaban J connectivity index is 0.904. The lowest BCUT2D eigenvalue weighted by atomic mass is 9.47. The van der Waals surface area contributed by atoms with Gasteiger partial charge in [0.25, 0.3) is 0 Å². The molecule has 4 heterocycles. The van der Waals surface area contributed by atoms with Crippen LogP contribution in [0.4, 0.5) is 0 Å². The Morgan fingerprint density at radius 1 is 0.843 bits per heavy atom. The van der Waals surface area contributed by atoms with Crippen LogP contribution in [-0.4, -0.2) is 123 Å². The van der Waals surface area contributed by atoms with E-state index in [0.29, 0.717) is 47.0 Å². The second-order valence-corrected chi connectivity index (χ2v) is 18.4. The number of piperidine rings is 1. The molecule has 0 amide bonds. The number of aliphatic hydroxyl groups is 6. The Morgan fingerprint density at radius 2 is 1.59 bits per heavy atom. The Kier molecular flexibility index (Phi) is 9.83. The van der Waals surface area contributed by atoms with E-state index in [0.717, 1.165) is 38.6 Å². The van der Waals surface area contributed by atoms with Crippen LogP contribution in [0.15, 0.2) is 11.6 Å². The predicted molar refractivity (Wildman–Crippen MR) is 184 cm³/mol. The summed E-state index contributed by atoms with van der Waals surface area (Å²) in [5.74, 6) is 3.82. The zero-order chi connectivity index (χ0) is 36.2. The van der Waals surface area contributed by atoms with E-state index >= 15 is 0 Å². The quantitative estimate of drug-likeness (QED) is 0.206. The maximum atomic E-state index is 11.2. The number of nitrogens with one attached hydrogen (secondary N) is 1. The molecule has 0 aromatic carbocycles. The minimum absolute atomic E-state index is 0.119. The molecule has 4 saturated heterocycles. The molecule has 7 N–H and O–H groups in total. The highest BCUT2D eigenvalue weighted by Crippen LogP contribution is 2.70. The van der Waals surface area contributed by atoms with Gasteiger partial charge >= 0.3 is 0 Å². The molecule has 1 spiro atoms. The van der Waals surface area contributed by atoms with Gasteiger partial charge in [-0.25, -0.2) is 0 Å². The predicted octanol–water partition coefficient (Wildman–Crippen LogP) is 1.96. The molecule has 12 nitrogen and oxygen atoms in total. The van der Waals surface area contributed by atoms with Gasteiger partial charge in [0.2, 0.25) is 0 Å². The fraction of sp³-hybridized carbons (Fsp3) is 0.949. The SMILES string of the molecule is C[C@@H]1CC[C@@]2(NC1)O[C@H]1C[C@H]3[C@@H]4CC=C5C[C@@H](O[C@H]6[C@@H](O)[C@@H](O)[C@H](O[C@H]7O[C@H](CO)[C@@H](O)[C@H](O)[C@H]7O)O[C@H]6C)CC[C@]5(C)[C@H]4CC[C@]3(C)[C@H]1[C@@H]2C. The van der Waals surface area contributed by atoms with Crippen LogP contribution in [0, 0.1) is 46.3 Å². The highest BCUT2D eigenvalue weighted by atomic mass is 16.8. The van der Waals surface area contributed by atoms with Crippen LogP contribution in [0.1, 0.15) is 92.4 Å². The first kappa shape index (κ1) is 37.2. The van der Waals surface area contributed by atoms with E-state index in [2.05, 4.69) is 39.1 Å². The number of hydrogen-bond acceptors (Lipinski definition) is 12. The number of rotatable bonds is 5. The van der Waals surface area contributed by atoms with E-state index in [1.165, 1.54) is 31.3 Å². The summed E-state index contributed by atoms with van der Waals surface area (Å²) in [7, 11) is 0. The minimum Gasteiger partial charge on any atom is -0.394 e. The Bertz CT molecular complexity index is 1310. The lowest BCUT2D eigenvalue weighted by molar-refractivity contribution is -0.377. The molecule has 7 fully saturated rings. The summed E-state index contributed by atoms with van der Waals surface area (Å²) in [6, 6.07) is 0. The molecule has 8 rings (SSSR count).